The van der Waals surface area contributed by atoms with Gasteiger partial charge in [0.05, 0.1) is 6.21 Å². The monoisotopic (exact) mass is 225 g/mol. The fourth-order valence-corrected chi connectivity index (χ4v) is 1.41. The molecule has 74 valence electrons. The molecule has 0 aliphatic carbocycles. The maximum absolute atomic E-state index is 5.22. The lowest BCUT2D eigenvalue weighted by Gasteiger charge is -1.97. The summed E-state index contributed by atoms with van der Waals surface area (Å²) in [5.41, 5.74) is 8.73. The van der Waals surface area contributed by atoms with Crippen molar-refractivity contribution < 1.29 is 0 Å². The molecule has 1 aromatic carbocycles. The summed E-state index contributed by atoms with van der Waals surface area (Å²) in [6.45, 7) is 0. The number of thiocarbonyl (C=S) groups is 1. The minimum absolute atomic E-state index is 0.169. The zero-order valence-corrected chi connectivity index (χ0v) is 9.36. The number of benzene rings is 1. The predicted molar refractivity (Wildman–Crippen MR) is 65.7 cm³/mol. The van der Waals surface area contributed by atoms with Crippen LogP contribution in [0.5, 0.6) is 0 Å². The predicted octanol–water partition coefficient (Wildman–Crippen LogP) is 1.58. The van der Waals surface area contributed by atoms with Gasteiger partial charge in [-0.1, -0.05) is 12.1 Å². The van der Waals surface area contributed by atoms with E-state index in [9.17, 15) is 0 Å². The molecule has 0 aliphatic rings. The molecule has 0 spiro atoms. The summed E-state index contributed by atoms with van der Waals surface area (Å²) < 4.78 is 0. The topological polar surface area (TPSA) is 50.4 Å². The van der Waals surface area contributed by atoms with E-state index < -0.39 is 0 Å². The van der Waals surface area contributed by atoms with Crippen LogP contribution in [0, 0.1) is 0 Å². The molecule has 0 fully saturated rings. The average molecular weight is 225 g/mol. The van der Waals surface area contributed by atoms with Crippen LogP contribution in [0.3, 0.4) is 0 Å². The number of nitrogens with one attached hydrogen (secondary N) is 1. The van der Waals surface area contributed by atoms with Gasteiger partial charge < -0.3 is 5.73 Å². The second-order valence-electron chi connectivity index (χ2n) is 2.51. The highest BCUT2D eigenvalue weighted by molar-refractivity contribution is 7.98. The van der Waals surface area contributed by atoms with Crippen molar-refractivity contribution in [2.24, 2.45) is 10.8 Å². The van der Waals surface area contributed by atoms with Crippen molar-refractivity contribution in [2.75, 3.05) is 6.26 Å². The number of nitrogens with two attached hydrogens (primary N) is 1. The maximum Gasteiger partial charge on any atom is 0.184 e. The fourth-order valence-electron chi connectivity index (χ4n) is 0.892. The number of hydrazone groups is 1. The summed E-state index contributed by atoms with van der Waals surface area (Å²) in [4.78, 5) is 1.20. The zero-order valence-electron chi connectivity index (χ0n) is 7.73. The number of nitrogens with zero attached hydrogens (tertiary/aromatic N) is 1. The standard InChI is InChI=1S/C9H11N3S2/c1-14-8-4-2-3-7(5-8)6-11-12-9(10)13/h2-6H,1H3,(H3,10,12,13). The van der Waals surface area contributed by atoms with Crippen molar-refractivity contribution in [3.05, 3.63) is 29.8 Å². The Labute approximate surface area is 92.8 Å². The van der Waals surface area contributed by atoms with Gasteiger partial charge in [0.25, 0.3) is 0 Å². The molecule has 1 aromatic rings. The number of hydrogen-bond acceptors (Lipinski definition) is 3. The minimum atomic E-state index is 0.169. The van der Waals surface area contributed by atoms with Crippen LogP contribution < -0.4 is 11.2 Å². The van der Waals surface area contributed by atoms with Crippen LogP contribution in [0.4, 0.5) is 0 Å². The maximum atomic E-state index is 5.22. The highest BCUT2D eigenvalue weighted by atomic mass is 32.2. The van der Waals surface area contributed by atoms with E-state index in [1.54, 1.807) is 18.0 Å². The van der Waals surface area contributed by atoms with Gasteiger partial charge in [-0.05, 0) is 36.2 Å². The average Bonchev–Trinajstić information content (AvgIpc) is 2.18. The van der Waals surface area contributed by atoms with E-state index in [0.717, 1.165) is 5.56 Å². The third-order valence-corrected chi connectivity index (χ3v) is 2.30. The van der Waals surface area contributed by atoms with Crippen molar-refractivity contribution >= 4 is 35.3 Å². The molecule has 0 unspecified atom stereocenters. The van der Waals surface area contributed by atoms with Gasteiger partial charge in [0.2, 0.25) is 0 Å². The Morgan fingerprint density at radius 1 is 1.64 bits per heavy atom. The summed E-state index contributed by atoms with van der Waals surface area (Å²) in [5.74, 6) is 0. The van der Waals surface area contributed by atoms with Crippen molar-refractivity contribution in [3.63, 3.8) is 0 Å². The molecular weight excluding hydrogens is 214 g/mol. The molecule has 14 heavy (non-hydrogen) atoms. The third kappa shape index (κ3) is 3.76. The van der Waals surface area contributed by atoms with Crippen molar-refractivity contribution in [1.82, 2.24) is 5.43 Å². The lowest BCUT2D eigenvalue weighted by atomic mass is 10.2. The fraction of sp³-hybridized carbons (Fsp3) is 0.111. The van der Waals surface area contributed by atoms with E-state index in [1.807, 2.05) is 30.5 Å². The Morgan fingerprint density at radius 2 is 2.43 bits per heavy atom. The summed E-state index contributed by atoms with van der Waals surface area (Å²) in [7, 11) is 0. The van der Waals surface area contributed by atoms with E-state index in [-0.39, 0.29) is 5.11 Å². The van der Waals surface area contributed by atoms with Crippen LogP contribution in [-0.4, -0.2) is 17.6 Å². The number of thioether (sulfide) groups is 1. The molecule has 0 radical (unpaired) electrons. The Balaban J connectivity index is 2.66. The smallest absolute Gasteiger partial charge is 0.184 e. The van der Waals surface area contributed by atoms with Crippen molar-refractivity contribution in [3.8, 4) is 0 Å². The van der Waals surface area contributed by atoms with Gasteiger partial charge in [-0.25, -0.2) is 0 Å². The minimum Gasteiger partial charge on any atom is -0.375 e. The number of hydrogen-bond donors (Lipinski definition) is 2. The Bertz CT molecular complexity index is 350. The zero-order chi connectivity index (χ0) is 10.4. The van der Waals surface area contributed by atoms with Gasteiger partial charge in [-0.2, -0.15) is 5.10 Å². The van der Waals surface area contributed by atoms with Gasteiger partial charge in [-0.15, -0.1) is 11.8 Å². The lowest BCUT2D eigenvalue weighted by Crippen LogP contribution is -2.23. The lowest BCUT2D eigenvalue weighted by molar-refractivity contribution is 1.04. The summed E-state index contributed by atoms with van der Waals surface area (Å²) >= 11 is 6.30. The van der Waals surface area contributed by atoms with Crippen LogP contribution in [0.15, 0.2) is 34.3 Å². The van der Waals surface area contributed by atoms with Crippen LogP contribution in [0.25, 0.3) is 0 Å². The quantitative estimate of drug-likeness (QED) is 0.355. The summed E-state index contributed by atoms with van der Waals surface area (Å²) in [6.07, 6.45) is 3.71. The summed E-state index contributed by atoms with van der Waals surface area (Å²) in [5, 5.41) is 4.03. The van der Waals surface area contributed by atoms with Crippen LogP contribution >= 0.6 is 24.0 Å². The second kappa shape index (κ2) is 5.62. The molecule has 3 nitrogen and oxygen atoms in total. The summed E-state index contributed by atoms with van der Waals surface area (Å²) in [6, 6.07) is 8.02. The van der Waals surface area contributed by atoms with Crippen LogP contribution in [-0.2, 0) is 0 Å². The molecular formula is C9H11N3S2. The molecule has 0 aromatic heterocycles. The van der Waals surface area contributed by atoms with Gasteiger partial charge in [-0.3, -0.25) is 5.43 Å². The van der Waals surface area contributed by atoms with Gasteiger partial charge in [0, 0.05) is 4.90 Å². The molecule has 0 heterocycles. The normalized spacial score (nSPS) is 10.4. The highest BCUT2D eigenvalue weighted by Gasteiger charge is 1.91. The Hall–Kier alpha value is -1.07. The van der Waals surface area contributed by atoms with Crippen molar-refractivity contribution in [1.29, 1.82) is 0 Å². The Kier molecular flexibility index (Phi) is 4.42. The SMILES string of the molecule is CSc1cccc(C=NNC(N)=S)c1. The van der Waals surface area contributed by atoms with Crippen molar-refractivity contribution in [2.45, 2.75) is 4.90 Å². The first kappa shape index (κ1) is 11.0. The van der Waals surface area contributed by atoms with Gasteiger partial charge >= 0.3 is 0 Å². The molecule has 0 bridgehead atoms. The third-order valence-electron chi connectivity index (χ3n) is 1.48. The molecule has 0 saturated carbocycles. The van der Waals surface area contributed by atoms with Crippen LogP contribution in [0.1, 0.15) is 5.56 Å². The molecule has 0 amide bonds. The first-order valence-corrected chi connectivity index (χ1v) is 5.58. The second-order valence-corrected chi connectivity index (χ2v) is 3.83. The molecule has 3 N–H and O–H groups in total. The van der Waals surface area contributed by atoms with E-state index in [0.29, 0.717) is 0 Å². The van der Waals surface area contributed by atoms with E-state index in [2.05, 4.69) is 22.7 Å². The first-order valence-electron chi connectivity index (χ1n) is 3.95. The van der Waals surface area contributed by atoms with Gasteiger partial charge in [0.1, 0.15) is 0 Å². The highest BCUT2D eigenvalue weighted by Crippen LogP contribution is 2.14. The Morgan fingerprint density at radius 3 is 3.07 bits per heavy atom. The molecule has 0 atom stereocenters. The van der Waals surface area contributed by atoms with E-state index in [1.165, 1.54) is 4.90 Å². The molecule has 5 heteroatoms. The molecule has 0 saturated heterocycles. The first-order chi connectivity index (χ1) is 6.72. The largest absolute Gasteiger partial charge is 0.375 e. The molecule has 0 aliphatic heterocycles. The van der Waals surface area contributed by atoms with Crippen LogP contribution in [0.2, 0.25) is 0 Å². The van der Waals surface area contributed by atoms with E-state index in [4.69, 9.17) is 5.73 Å². The van der Waals surface area contributed by atoms with Gasteiger partial charge in [0.15, 0.2) is 5.11 Å². The van der Waals surface area contributed by atoms with E-state index >= 15 is 0 Å². The molecule has 1 rings (SSSR count). The number of rotatable bonds is 3.